The van der Waals surface area contributed by atoms with Crippen molar-refractivity contribution in [1.82, 2.24) is 4.90 Å². The number of nitrogens with zero attached hydrogens (tertiary/aromatic N) is 2. The van der Waals surface area contributed by atoms with Crippen molar-refractivity contribution in [2.45, 2.75) is 0 Å². The summed E-state index contributed by atoms with van der Waals surface area (Å²) in [6.07, 6.45) is 1.90. The Bertz CT molecular complexity index is 873. The number of fused-ring (bicyclic) bond motifs is 1. The summed E-state index contributed by atoms with van der Waals surface area (Å²) in [5.41, 5.74) is 2.92. The lowest BCUT2D eigenvalue weighted by Crippen LogP contribution is -2.44. The van der Waals surface area contributed by atoms with E-state index in [2.05, 4.69) is 10.2 Å². The number of carbonyl (C=O) groups excluding carboxylic acids is 1. The van der Waals surface area contributed by atoms with Gasteiger partial charge in [-0.2, -0.15) is 0 Å². The second-order valence-corrected chi connectivity index (χ2v) is 6.38. The molecule has 5 nitrogen and oxygen atoms in total. The molecule has 2 aliphatic heterocycles. The van der Waals surface area contributed by atoms with Crippen molar-refractivity contribution < 1.29 is 13.9 Å². The lowest BCUT2D eigenvalue weighted by Gasteiger charge is -2.35. The molecule has 0 spiro atoms. The van der Waals surface area contributed by atoms with Crippen LogP contribution in [0.25, 0.3) is 5.57 Å². The number of hydrogen-bond donors (Lipinski definition) is 1. The van der Waals surface area contributed by atoms with Gasteiger partial charge >= 0.3 is 0 Å². The molecule has 0 unspecified atom stereocenters. The summed E-state index contributed by atoms with van der Waals surface area (Å²) in [5, 5.41) is 2.88. The maximum atomic E-state index is 14.0. The predicted octanol–water partition coefficient (Wildman–Crippen LogP) is 2.95. The molecule has 1 saturated heterocycles. The summed E-state index contributed by atoms with van der Waals surface area (Å²) in [5.74, 6) is 0.413. The molecule has 0 aliphatic carbocycles. The van der Waals surface area contributed by atoms with Crippen molar-refractivity contribution in [2.24, 2.45) is 0 Å². The fourth-order valence-electron chi connectivity index (χ4n) is 3.40. The van der Waals surface area contributed by atoms with Gasteiger partial charge in [-0.25, -0.2) is 4.39 Å². The molecule has 2 aliphatic rings. The summed E-state index contributed by atoms with van der Waals surface area (Å²) < 4.78 is 19.2. The minimum atomic E-state index is -0.199. The van der Waals surface area contributed by atoms with Gasteiger partial charge in [0.2, 0.25) is 0 Å². The summed E-state index contributed by atoms with van der Waals surface area (Å²) in [4.78, 5) is 16.5. The largest absolute Gasteiger partial charge is 0.497 e. The third-order valence-corrected chi connectivity index (χ3v) is 4.83. The van der Waals surface area contributed by atoms with Gasteiger partial charge in [-0.3, -0.25) is 4.79 Å². The lowest BCUT2D eigenvalue weighted by molar-refractivity contribution is -0.110. The van der Waals surface area contributed by atoms with Crippen LogP contribution < -0.4 is 15.0 Å². The van der Waals surface area contributed by atoms with Gasteiger partial charge in [-0.15, -0.1) is 0 Å². The molecule has 1 N–H and O–H groups in total. The molecule has 0 aromatic heterocycles. The van der Waals surface area contributed by atoms with Gasteiger partial charge in [-0.05, 0) is 30.3 Å². The Morgan fingerprint density at radius 3 is 2.62 bits per heavy atom. The van der Waals surface area contributed by atoms with E-state index in [1.165, 1.54) is 6.07 Å². The Morgan fingerprint density at radius 2 is 1.88 bits per heavy atom. The minimum absolute atomic E-state index is 0.107. The average molecular weight is 353 g/mol. The number of anilines is 2. The molecule has 0 radical (unpaired) electrons. The average Bonchev–Trinajstić information content (AvgIpc) is 2.97. The summed E-state index contributed by atoms with van der Waals surface area (Å²) in [6.45, 7) is 2.86. The number of rotatable bonds is 3. The van der Waals surface area contributed by atoms with Gasteiger partial charge in [0.05, 0.1) is 18.4 Å². The second-order valence-electron chi connectivity index (χ2n) is 6.38. The molecule has 0 atom stereocenters. The van der Waals surface area contributed by atoms with Crippen molar-refractivity contribution in [3.05, 3.63) is 60.0 Å². The van der Waals surface area contributed by atoms with E-state index in [4.69, 9.17) is 4.74 Å². The first kappa shape index (κ1) is 16.4. The van der Waals surface area contributed by atoms with Gasteiger partial charge in [0.25, 0.3) is 5.91 Å². The van der Waals surface area contributed by atoms with Gasteiger partial charge in [0.15, 0.2) is 0 Å². The fourth-order valence-corrected chi connectivity index (χ4v) is 3.40. The SMILES string of the molecule is COc1ccc2c(c1)/C(=C\N1CCN(c3ccccc3F)CC1)C(=O)N2. The predicted molar refractivity (Wildman–Crippen MR) is 99.8 cm³/mol. The monoisotopic (exact) mass is 353 g/mol. The van der Waals surface area contributed by atoms with E-state index in [-0.39, 0.29) is 11.7 Å². The molecule has 0 saturated carbocycles. The van der Waals surface area contributed by atoms with Gasteiger partial charge in [0, 0.05) is 43.6 Å². The highest BCUT2D eigenvalue weighted by Crippen LogP contribution is 2.35. The van der Waals surface area contributed by atoms with E-state index in [0.29, 0.717) is 24.4 Å². The van der Waals surface area contributed by atoms with Crippen LogP contribution in [-0.4, -0.2) is 44.1 Å². The Balaban J connectivity index is 1.51. The van der Waals surface area contributed by atoms with Crippen molar-refractivity contribution in [3.63, 3.8) is 0 Å². The zero-order valence-electron chi connectivity index (χ0n) is 14.5. The number of ether oxygens (including phenoxy) is 1. The smallest absolute Gasteiger partial charge is 0.257 e. The number of methoxy groups -OCH3 is 1. The molecule has 4 rings (SSSR count). The molecular weight excluding hydrogens is 333 g/mol. The Hall–Kier alpha value is -3.02. The number of para-hydroxylation sites is 1. The fraction of sp³-hybridized carbons (Fsp3) is 0.250. The first-order valence-electron chi connectivity index (χ1n) is 8.61. The van der Waals surface area contributed by atoms with Crippen LogP contribution in [0.1, 0.15) is 5.56 Å². The normalized spacial score (nSPS) is 18.1. The third-order valence-electron chi connectivity index (χ3n) is 4.83. The standard InChI is InChI=1S/C20H20FN3O2/c1-26-14-6-7-18-15(12-14)16(20(25)22-18)13-23-8-10-24(11-9-23)19-5-3-2-4-17(19)21/h2-7,12-13H,8-11H2,1H3,(H,22,25)/b16-13+. The molecule has 6 heteroatoms. The topological polar surface area (TPSA) is 44.8 Å². The molecule has 2 aromatic rings. The summed E-state index contributed by atoms with van der Waals surface area (Å²) in [6, 6.07) is 12.4. The quantitative estimate of drug-likeness (QED) is 0.862. The molecule has 0 bridgehead atoms. The van der Waals surface area contributed by atoms with Crippen LogP contribution in [0.2, 0.25) is 0 Å². The van der Waals surface area contributed by atoms with E-state index >= 15 is 0 Å². The molecule has 26 heavy (non-hydrogen) atoms. The van der Waals surface area contributed by atoms with E-state index in [0.717, 1.165) is 30.1 Å². The number of benzene rings is 2. The van der Waals surface area contributed by atoms with E-state index in [1.807, 2.05) is 35.4 Å². The maximum Gasteiger partial charge on any atom is 0.257 e. The third kappa shape index (κ3) is 2.98. The van der Waals surface area contributed by atoms with Crippen LogP contribution in [0, 0.1) is 5.82 Å². The highest BCUT2D eigenvalue weighted by molar-refractivity contribution is 6.31. The summed E-state index contributed by atoms with van der Waals surface area (Å²) >= 11 is 0. The second kappa shape index (κ2) is 6.71. The van der Waals surface area contributed by atoms with Gasteiger partial charge in [0.1, 0.15) is 11.6 Å². The number of halogens is 1. The Morgan fingerprint density at radius 1 is 1.12 bits per heavy atom. The first-order valence-corrected chi connectivity index (χ1v) is 8.61. The number of carbonyl (C=O) groups is 1. The number of nitrogens with one attached hydrogen (secondary N) is 1. The highest BCUT2D eigenvalue weighted by Gasteiger charge is 2.26. The number of piperazine rings is 1. The highest BCUT2D eigenvalue weighted by atomic mass is 19.1. The molecule has 2 aromatic carbocycles. The minimum Gasteiger partial charge on any atom is -0.497 e. The number of hydrogen-bond acceptors (Lipinski definition) is 4. The molecule has 1 amide bonds. The van der Waals surface area contributed by atoms with Gasteiger partial charge < -0.3 is 19.9 Å². The summed E-state index contributed by atoms with van der Waals surface area (Å²) in [7, 11) is 1.61. The van der Waals surface area contributed by atoms with Crippen molar-refractivity contribution in [2.75, 3.05) is 43.5 Å². The van der Waals surface area contributed by atoms with E-state index in [9.17, 15) is 9.18 Å². The lowest BCUT2D eigenvalue weighted by atomic mass is 10.1. The van der Waals surface area contributed by atoms with Crippen molar-refractivity contribution in [1.29, 1.82) is 0 Å². The number of amides is 1. The molecule has 2 heterocycles. The van der Waals surface area contributed by atoms with E-state index < -0.39 is 0 Å². The Labute approximate surface area is 151 Å². The van der Waals surface area contributed by atoms with Crippen LogP contribution in [0.15, 0.2) is 48.7 Å². The maximum absolute atomic E-state index is 14.0. The van der Waals surface area contributed by atoms with Crippen LogP contribution in [-0.2, 0) is 4.79 Å². The van der Waals surface area contributed by atoms with E-state index in [1.54, 1.807) is 19.2 Å². The van der Waals surface area contributed by atoms with Gasteiger partial charge in [-0.1, -0.05) is 12.1 Å². The van der Waals surface area contributed by atoms with Crippen LogP contribution in [0.5, 0.6) is 5.75 Å². The molecule has 1 fully saturated rings. The Kier molecular flexibility index (Phi) is 4.24. The van der Waals surface area contributed by atoms with Crippen molar-refractivity contribution in [3.8, 4) is 5.75 Å². The zero-order valence-corrected chi connectivity index (χ0v) is 14.5. The van der Waals surface area contributed by atoms with Crippen LogP contribution in [0.3, 0.4) is 0 Å². The molecular formula is C20H20FN3O2. The van der Waals surface area contributed by atoms with Crippen LogP contribution in [0.4, 0.5) is 15.8 Å². The zero-order chi connectivity index (χ0) is 18.1. The van der Waals surface area contributed by atoms with Crippen LogP contribution >= 0.6 is 0 Å². The first-order chi connectivity index (χ1) is 12.7. The molecule has 134 valence electrons. The van der Waals surface area contributed by atoms with Crippen molar-refractivity contribution >= 4 is 22.9 Å².